The Morgan fingerprint density at radius 3 is 2.50 bits per heavy atom. The fourth-order valence-electron chi connectivity index (χ4n) is 5.16. The van der Waals surface area contributed by atoms with E-state index in [1.54, 1.807) is 0 Å². The van der Waals surface area contributed by atoms with Gasteiger partial charge >= 0.3 is 0 Å². The molecule has 2 aliphatic rings. The van der Waals surface area contributed by atoms with Crippen molar-refractivity contribution in [3.63, 3.8) is 0 Å². The quantitative estimate of drug-likeness (QED) is 0.490. The van der Waals surface area contributed by atoms with Gasteiger partial charge in [-0.1, -0.05) is 77.3 Å². The smallest absolute Gasteiger partial charge is 0.243 e. The van der Waals surface area contributed by atoms with E-state index >= 15 is 0 Å². The Labute approximate surface area is 180 Å². The molecule has 1 N–H and O–H groups in total. The molecule has 1 aromatic carbocycles. The second kappa shape index (κ2) is 8.91. The normalized spacial score (nSPS) is 26.0. The molecule has 2 fully saturated rings. The molecule has 3 rings (SSSR count). The second-order valence-electron chi connectivity index (χ2n) is 9.72. The summed E-state index contributed by atoms with van der Waals surface area (Å²) >= 11 is 0. The first kappa shape index (κ1) is 22.5. The Bertz CT molecular complexity index is 789. The predicted octanol–water partition coefficient (Wildman–Crippen LogP) is 4.11. The third-order valence-electron chi connectivity index (χ3n) is 7.67. The van der Waals surface area contributed by atoms with Gasteiger partial charge in [-0.25, -0.2) is 0 Å². The van der Waals surface area contributed by atoms with Gasteiger partial charge in [0, 0.05) is 18.9 Å². The summed E-state index contributed by atoms with van der Waals surface area (Å²) in [7, 11) is 0. The molecule has 1 saturated carbocycles. The number of unbranched alkanes of at least 4 members (excludes halogenated alkanes) is 3. The number of carbonyl (C=O) groups is 3. The lowest BCUT2D eigenvalue weighted by atomic mass is 9.62. The SMILES string of the molecule is CCCCCCNC(=O)C(Cc1ccccc1)N1C(=O)C2CCC(C)(C1=O)C2(C)C. The van der Waals surface area contributed by atoms with Crippen LogP contribution in [0.1, 0.15) is 71.8 Å². The number of benzene rings is 1. The number of imide groups is 1. The molecule has 30 heavy (non-hydrogen) atoms. The molecule has 0 spiro atoms. The minimum atomic E-state index is -0.797. The molecule has 1 saturated heterocycles. The maximum absolute atomic E-state index is 13.6. The summed E-state index contributed by atoms with van der Waals surface area (Å²) in [5.41, 5.74) is -0.0420. The van der Waals surface area contributed by atoms with Crippen molar-refractivity contribution in [2.24, 2.45) is 16.7 Å². The van der Waals surface area contributed by atoms with Crippen LogP contribution in [0.25, 0.3) is 0 Å². The third kappa shape index (κ3) is 3.91. The molecule has 3 atom stereocenters. The summed E-state index contributed by atoms with van der Waals surface area (Å²) in [6.07, 6.45) is 6.01. The fourth-order valence-corrected chi connectivity index (χ4v) is 5.16. The Morgan fingerprint density at radius 1 is 1.13 bits per heavy atom. The van der Waals surface area contributed by atoms with E-state index in [9.17, 15) is 14.4 Å². The average Bonchev–Trinajstić information content (AvgIpc) is 2.91. The van der Waals surface area contributed by atoms with E-state index < -0.39 is 11.5 Å². The number of nitrogens with one attached hydrogen (secondary N) is 1. The highest BCUT2D eigenvalue weighted by Gasteiger charge is 2.65. The van der Waals surface area contributed by atoms with Gasteiger partial charge in [0.05, 0.1) is 5.41 Å². The highest BCUT2D eigenvalue weighted by molar-refractivity contribution is 6.07. The summed E-state index contributed by atoms with van der Waals surface area (Å²) in [5.74, 6) is -0.800. The molecule has 1 heterocycles. The zero-order chi connectivity index (χ0) is 21.9. The maximum Gasteiger partial charge on any atom is 0.243 e. The lowest BCUT2D eigenvalue weighted by Gasteiger charge is -2.49. The molecule has 1 aliphatic heterocycles. The van der Waals surface area contributed by atoms with E-state index in [0.29, 0.717) is 25.8 Å². The van der Waals surface area contributed by atoms with E-state index in [2.05, 4.69) is 12.2 Å². The number of hydrogen-bond acceptors (Lipinski definition) is 3. The number of carbonyl (C=O) groups excluding carboxylic acids is 3. The van der Waals surface area contributed by atoms with Crippen LogP contribution in [0.2, 0.25) is 0 Å². The van der Waals surface area contributed by atoms with Crippen molar-refractivity contribution in [1.82, 2.24) is 10.2 Å². The van der Waals surface area contributed by atoms with Crippen molar-refractivity contribution < 1.29 is 14.4 Å². The molecule has 0 radical (unpaired) electrons. The van der Waals surface area contributed by atoms with Crippen LogP contribution in [0.15, 0.2) is 30.3 Å². The molecule has 5 nitrogen and oxygen atoms in total. The van der Waals surface area contributed by atoms with Crippen molar-refractivity contribution >= 4 is 17.7 Å². The number of fused-ring (bicyclic) bond motifs is 2. The minimum absolute atomic E-state index is 0.179. The molecular formula is C25H36N2O3. The first-order valence-electron chi connectivity index (χ1n) is 11.4. The summed E-state index contributed by atoms with van der Waals surface area (Å²) in [5, 5.41) is 3.00. The first-order valence-corrected chi connectivity index (χ1v) is 11.4. The molecule has 3 unspecified atom stereocenters. The number of likely N-dealkylation sites (tertiary alicyclic amines) is 1. The molecule has 3 amide bonds. The number of rotatable bonds is 9. The van der Waals surface area contributed by atoms with Crippen molar-refractivity contribution in [3.8, 4) is 0 Å². The molecule has 1 aromatic rings. The van der Waals surface area contributed by atoms with Crippen LogP contribution < -0.4 is 5.32 Å². The van der Waals surface area contributed by atoms with Gasteiger partial charge in [0.1, 0.15) is 6.04 Å². The van der Waals surface area contributed by atoms with Crippen LogP contribution in [-0.2, 0) is 20.8 Å². The predicted molar refractivity (Wildman–Crippen MR) is 118 cm³/mol. The van der Waals surface area contributed by atoms with Crippen LogP contribution in [0.5, 0.6) is 0 Å². The number of nitrogens with zero attached hydrogens (tertiary/aromatic N) is 1. The average molecular weight is 413 g/mol. The van der Waals surface area contributed by atoms with Crippen molar-refractivity contribution in [3.05, 3.63) is 35.9 Å². The summed E-state index contributed by atoms with van der Waals surface area (Å²) in [6, 6.07) is 8.86. The zero-order valence-corrected chi connectivity index (χ0v) is 18.9. The van der Waals surface area contributed by atoms with Crippen LogP contribution in [0.3, 0.4) is 0 Å². The molecule has 5 heteroatoms. The Morgan fingerprint density at radius 2 is 1.83 bits per heavy atom. The lowest BCUT2D eigenvalue weighted by Crippen LogP contribution is -2.64. The van der Waals surface area contributed by atoms with Gasteiger partial charge in [-0.3, -0.25) is 19.3 Å². The van der Waals surface area contributed by atoms with E-state index in [0.717, 1.165) is 31.2 Å². The number of hydrogen-bond donors (Lipinski definition) is 1. The van der Waals surface area contributed by atoms with Gasteiger partial charge in [0.2, 0.25) is 17.7 Å². The zero-order valence-electron chi connectivity index (χ0n) is 18.9. The number of amides is 3. The van der Waals surface area contributed by atoms with Crippen molar-refractivity contribution in [1.29, 1.82) is 0 Å². The van der Waals surface area contributed by atoms with Crippen molar-refractivity contribution in [2.45, 2.75) is 78.7 Å². The molecule has 2 bridgehead atoms. The van der Waals surface area contributed by atoms with Crippen LogP contribution in [0.4, 0.5) is 0 Å². The Kier molecular flexibility index (Phi) is 6.68. The van der Waals surface area contributed by atoms with Crippen LogP contribution >= 0.6 is 0 Å². The summed E-state index contributed by atoms with van der Waals surface area (Å²) < 4.78 is 0. The number of piperidine rings is 1. The van der Waals surface area contributed by atoms with Gasteiger partial charge < -0.3 is 5.32 Å². The second-order valence-corrected chi connectivity index (χ2v) is 9.72. The highest BCUT2D eigenvalue weighted by atomic mass is 16.2. The molecule has 0 aromatic heterocycles. The van der Waals surface area contributed by atoms with E-state index in [1.807, 2.05) is 51.1 Å². The Balaban J connectivity index is 1.85. The minimum Gasteiger partial charge on any atom is -0.354 e. The van der Waals surface area contributed by atoms with Gasteiger partial charge in [0.25, 0.3) is 0 Å². The topological polar surface area (TPSA) is 66.5 Å². The van der Waals surface area contributed by atoms with E-state index in [1.165, 1.54) is 4.90 Å². The monoisotopic (exact) mass is 412 g/mol. The van der Waals surface area contributed by atoms with Crippen LogP contribution in [-0.4, -0.2) is 35.2 Å². The van der Waals surface area contributed by atoms with Gasteiger partial charge in [-0.15, -0.1) is 0 Å². The highest BCUT2D eigenvalue weighted by Crippen LogP contribution is 2.60. The standard InChI is InChI=1S/C25H36N2O3/c1-5-6-7-11-16-26-21(28)20(17-18-12-9-8-10-13-18)27-22(29)19-14-15-25(4,23(27)30)24(19,2)3/h8-10,12-13,19-20H,5-7,11,14-17H2,1-4H3,(H,26,28). The largest absolute Gasteiger partial charge is 0.354 e. The lowest BCUT2D eigenvalue weighted by molar-refractivity contribution is -0.173. The van der Waals surface area contributed by atoms with E-state index in [-0.39, 0.29) is 29.1 Å². The third-order valence-corrected chi connectivity index (χ3v) is 7.67. The van der Waals surface area contributed by atoms with E-state index in [4.69, 9.17) is 0 Å². The Hall–Kier alpha value is -2.17. The summed E-state index contributed by atoms with van der Waals surface area (Å²) in [4.78, 5) is 41.6. The molecule has 1 aliphatic carbocycles. The van der Waals surface area contributed by atoms with Gasteiger partial charge in [-0.2, -0.15) is 0 Å². The van der Waals surface area contributed by atoms with Gasteiger partial charge in [0.15, 0.2) is 0 Å². The van der Waals surface area contributed by atoms with Crippen LogP contribution in [0, 0.1) is 16.7 Å². The fraction of sp³-hybridized carbons (Fsp3) is 0.640. The van der Waals surface area contributed by atoms with Gasteiger partial charge in [-0.05, 0) is 30.2 Å². The van der Waals surface area contributed by atoms with Crippen molar-refractivity contribution in [2.75, 3.05) is 6.54 Å². The first-order chi connectivity index (χ1) is 14.2. The summed E-state index contributed by atoms with van der Waals surface area (Å²) in [6.45, 7) is 8.75. The molecule has 164 valence electrons. The maximum atomic E-state index is 13.6. The molecular weight excluding hydrogens is 376 g/mol.